The first-order valence-corrected chi connectivity index (χ1v) is 8.01. The Kier molecular flexibility index (Phi) is 5.82. The number of benzene rings is 1. The number of halogens is 1. The van der Waals surface area contributed by atoms with Crippen molar-refractivity contribution in [3.05, 3.63) is 35.1 Å². The predicted octanol–water partition coefficient (Wildman–Crippen LogP) is 3.19. The van der Waals surface area contributed by atoms with E-state index < -0.39 is 5.97 Å². The van der Waals surface area contributed by atoms with E-state index in [0.717, 1.165) is 23.9 Å². The molecule has 2 rings (SSSR count). The Bertz CT molecular complexity index is 659. The molecular weight excluding hydrogens is 326 g/mol. The zero-order chi connectivity index (χ0) is 16.1. The summed E-state index contributed by atoms with van der Waals surface area (Å²) in [5.74, 6) is -0.381. The zero-order valence-corrected chi connectivity index (χ0v) is 13.8. The highest BCUT2D eigenvalue weighted by atomic mass is 35.5. The third-order valence-electron chi connectivity index (χ3n) is 2.99. The molecule has 0 unspecified atom stereocenters. The Morgan fingerprint density at radius 2 is 2.27 bits per heavy atom. The van der Waals surface area contributed by atoms with Gasteiger partial charge in [-0.05, 0) is 24.6 Å². The minimum absolute atomic E-state index is 0.0948. The smallest absolute Gasteiger partial charge is 0.313 e. The maximum Gasteiger partial charge on any atom is 0.313 e. The van der Waals surface area contributed by atoms with Crippen LogP contribution in [0.15, 0.2) is 29.4 Å². The molecule has 1 aromatic heterocycles. The number of carboxylic acids is 1. The molecule has 0 aliphatic carbocycles. The van der Waals surface area contributed by atoms with Gasteiger partial charge in [0.15, 0.2) is 11.0 Å². The number of aliphatic carboxylic acids is 1. The Morgan fingerprint density at radius 1 is 1.50 bits per heavy atom. The topological polar surface area (TPSA) is 77.2 Å². The first-order valence-electron chi connectivity index (χ1n) is 6.65. The molecule has 1 heterocycles. The lowest BCUT2D eigenvalue weighted by Gasteiger charge is -2.15. The van der Waals surface area contributed by atoms with Crippen molar-refractivity contribution >= 4 is 29.3 Å². The highest BCUT2D eigenvalue weighted by molar-refractivity contribution is 7.99. The summed E-state index contributed by atoms with van der Waals surface area (Å²) >= 11 is 7.16. The van der Waals surface area contributed by atoms with Crippen molar-refractivity contribution in [3.8, 4) is 5.69 Å². The highest BCUT2D eigenvalue weighted by Crippen LogP contribution is 2.28. The maximum absolute atomic E-state index is 10.8. The summed E-state index contributed by atoms with van der Waals surface area (Å²) in [6, 6.07) is 7.24. The molecular formula is C14H16ClN3O3S. The molecule has 0 radical (unpaired) electrons. The second-order valence-corrected chi connectivity index (χ2v) is 5.85. The third-order valence-corrected chi connectivity index (χ3v) is 4.14. The molecule has 0 bridgehead atoms. The monoisotopic (exact) mass is 341 g/mol. The number of hydrogen-bond donors (Lipinski definition) is 1. The van der Waals surface area contributed by atoms with Crippen LogP contribution in [0.2, 0.25) is 5.02 Å². The van der Waals surface area contributed by atoms with Gasteiger partial charge in [-0.15, -0.1) is 10.2 Å². The fourth-order valence-corrected chi connectivity index (χ4v) is 2.89. The van der Waals surface area contributed by atoms with Gasteiger partial charge in [0, 0.05) is 12.1 Å². The average molecular weight is 342 g/mol. The number of aromatic nitrogens is 3. The molecule has 1 N–H and O–H groups in total. The number of ether oxygens (including phenoxy) is 1. The van der Waals surface area contributed by atoms with Gasteiger partial charge in [0.2, 0.25) is 0 Å². The van der Waals surface area contributed by atoms with Gasteiger partial charge in [0.25, 0.3) is 0 Å². The zero-order valence-electron chi connectivity index (χ0n) is 12.2. The van der Waals surface area contributed by atoms with Gasteiger partial charge in [-0.1, -0.05) is 36.4 Å². The summed E-state index contributed by atoms with van der Waals surface area (Å²) in [6.07, 6.45) is 0.490. The summed E-state index contributed by atoms with van der Waals surface area (Å²) < 4.78 is 7.22. The largest absolute Gasteiger partial charge is 0.481 e. The van der Waals surface area contributed by atoms with Gasteiger partial charge in [-0.2, -0.15) is 0 Å². The van der Waals surface area contributed by atoms with E-state index in [4.69, 9.17) is 21.4 Å². The van der Waals surface area contributed by atoms with Crippen molar-refractivity contribution in [2.24, 2.45) is 0 Å². The molecule has 22 heavy (non-hydrogen) atoms. The lowest BCUT2D eigenvalue weighted by Crippen LogP contribution is -2.10. The Balaban J connectivity index is 2.49. The Hall–Kier alpha value is -1.57. The van der Waals surface area contributed by atoms with Gasteiger partial charge in [-0.25, -0.2) is 0 Å². The summed E-state index contributed by atoms with van der Waals surface area (Å²) in [4.78, 5) is 10.8. The lowest BCUT2D eigenvalue weighted by molar-refractivity contribution is -0.133. The van der Waals surface area contributed by atoms with Crippen LogP contribution in [0.5, 0.6) is 0 Å². The summed E-state index contributed by atoms with van der Waals surface area (Å²) in [5.41, 5.74) is 0.774. The van der Waals surface area contributed by atoms with E-state index in [1.54, 1.807) is 23.8 Å². The molecule has 118 valence electrons. The minimum atomic E-state index is -0.911. The van der Waals surface area contributed by atoms with E-state index in [1.807, 2.05) is 19.1 Å². The summed E-state index contributed by atoms with van der Waals surface area (Å²) in [7, 11) is 1.61. The lowest BCUT2D eigenvalue weighted by atomic mass is 10.2. The SMILES string of the molecule is CC[C@H](OC)c1nnc(SCC(=O)O)n1-c1cccc(Cl)c1. The third kappa shape index (κ3) is 3.79. The number of hydrogen-bond acceptors (Lipinski definition) is 5. The van der Waals surface area contributed by atoms with Crippen LogP contribution in [0, 0.1) is 0 Å². The standard InChI is InChI=1S/C14H16ClN3O3S/c1-3-11(21-2)13-16-17-14(22-8-12(19)20)18(13)10-6-4-5-9(15)7-10/h4-7,11H,3,8H2,1-2H3,(H,19,20)/t11-/m0/s1. The Morgan fingerprint density at radius 3 is 2.86 bits per heavy atom. The van der Waals surface area contributed by atoms with Crippen LogP contribution in [-0.2, 0) is 9.53 Å². The quantitative estimate of drug-likeness (QED) is 0.779. The van der Waals surface area contributed by atoms with Crippen molar-refractivity contribution in [1.82, 2.24) is 14.8 Å². The molecule has 0 aliphatic rings. The molecule has 0 aliphatic heterocycles. The molecule has 0 spiro atoms. The summed E-state index contributed by atoms with van der Waals surface area (Å²) in [5, 5.41) is 18.2. The summed E-state index contributed by atoms with van der Waals surface area (Å²) in [6.45, 7) is 1.98. The van der Waals surface area contributed by atoms with E-state index in [9.17, 15) is 4.79 Å². The molecule has 1 atom stereocenters. The van der Waals surface area contributed by atoms with Crippen molar-refractivity contribution in [1.29, 1.82) is 0 Å². The van der Waals surface area contributed by atoms with E-state index in [2.05, 4.69) is 10.2 Å². The van der Waals surface area contributed by atoms with E-state index >= 15 is 0 Å². The van der Waals surface area contributed by atoms with E-state index in [-0.39, 0.29) is 11.9 Å². The molecule has 2 aromatic rings. The second kappa shape index (κ2) is 7.62. The van der Waals surface area contributed by atoms with Gasteiger partial charge >= 0.3 is 5.97 Å². The fraction of sp³-hybridized carbons (Fsp3) is 0.357. The molecule has 0 saturated carbocycles. The minimum Gasteiger partial charge on any atom is -0.481 e. The fourth-order valence-electron chi connectivity index (χ4n) is 2.02. The van der Waals surface area contributed by atoms with Crippen LogP contribution >= 0.6 is 23.4 Å². The van der Waals surface area contributed by atoms with Crippen LogP contribution in [0.4, 0.5) is 0 Å². The molecule has 0 fully saturated rings. The molecule has 1 aromatic carbocycles. The highest BCUT2D eigenvalue weighted by Gasteiger charge is 2.21. The van der Waals surface area contributed by atoms with Crippen molar-refractivity contribution in [3.63, 3.8) is 0 Å². The predicted molar refractivity (Wildman–Crippen MR) is 84.8 cm³/mol. The first-order chi connectivity index (χ1) is 10.6. The molecule has 0 amide bonds. The van der Waals surface area contributed by atoms with Crippen molar-refractivity contribution in [2.45, 2.75) is 24.6 Å². The van der Waals surface area contributed by atoms with Crippen LogP contribution in [0.3, 0.4) is 0 Å². The van der Waals surface area contributed by atoms with Crippen LogP contribution in [0.25, 0.3) is 5.69 Å². The number of carboxylic acid groups (broad SMARTS) is 1. The molecule has 6 nitrogen and oxygen atoms in total. The number of thioether (sulfide) groups is 1. The second-order valence-electron chi connectivity index (χ2n) is 4.47. The van der Waals surface area contributed by atoms with E-state index in [1.165, 1.54) is 0 Å². The molecule has 8 heteroatoms. The van der Waals surface area contributed by atoms with Gasteiger partial charge in [0.05, 0.1) is 11.4 Å². The van der Waals surface area contributed by atoms with E-state index in [0.29, 0.717) is 16.0 Å². The first kappa shape index (κ1) is 16.8. The molecule has 0 saturated heterocycles. The number of rotatable bonds is 7. The van der Waals surface area contributed by atoms with Crippen LogP contribution < -0.4 is 0 Å². The average Bonchev–Trinajstić information content (AvgIpc) is 2.90. The van der Waals surface area contributed by atoms with Crippen LogP contribution in [0.1, 0.15) is 25.3 Å². The number of carbonyl (C=O) groups is 1. The number of methoxy groups -OCH3 is 1. The van der Waals surface area contributed by atoms with Gasteiger partial charge < -0.3 is 9.84 Å². The van der Waals surface area contributed by atoms with Gasteiger partial charge in [-0.3, -0.25) is 9.36 Å². The normalized spacial score (nSPS) is 12.3. The number of nitrogens with zero attached hydrogens (tertiary/aromatic N) is 3. The maximum atomic E-state index is 10.8. The Labute approximate surface area is 137 Å². The van der Waals surface area contributed by atoms with Gasteiger partial charge in [0.1, 0.15) is 6.10 Å². The van der Waals surface area contributed by atoms with Crippen LogP contribution in [-0.4, -0.2) is 38.7 Å². The van der Waals surface area contributed by atoms with Crippen molar-refractivity contribution < 1.29 is 14.6 Å². The van der Waals surface area contributed by atoms with Crippen molar-refractivity contribution in [2.75, 3.05) is 12.9 Å².